The number of nitrogens with zero attached hydrogens (tertiary/aromatic N) is 1. The van der Waals surface area contributed by atoms with Gasteiger partial charge in [-0.25, -0.2) is 0 Å². The largest absolute Gasteiger partial charge is 0.481 e. The molecule has 0 radical (unpaired) electrons. The number of hydrogen-bond acceptors (Lipinski definition) is 3. The molecule has 5 heteroatoms. The van der Waals surface area contributed by atoms with Gasteiger partial charge in [0.1, 0.15) is 0 Å². The Morgan fingerprint density at radius 1 is 1.25 bits per heavy atom. The van der Waals surface area contributed by atoms with Crippen LogP contribution in [0, 0.1) is 0 Å². The van der Waals surface area contributed by atoms with E-state index in [4.69, 9.17) is 14.9 Å². The molecule has 0 bridgehead atoms. The molecule has 0 aliphatic rings. The summed E-state index contributed by atoms with van der Waals surface area (Å²) in [4.78, 5) is 10.7. The highest BCUT2D eigenvalue weighted by Crippen LogP contribution is 2.22. The first kappa shape index (κ1) is 14.6. The van der Waals surface area contributed by atoms with Gasteiger partial charge in [-0.15, -0.1) is 0 Å². The van der Waals surface area contributed by atoms with Crippen molar-refractivity contribution in [3.8, 4) is 0 Å². The summed E-state index contributed by atoms with van der Waals surface area (Å²) in [5.41, 5.74) is 2.13. The number of fused-ring (bicyclic) bond motifs is 1. The van der Waals surface area contributed by atoms with Crippen molar-refractivity contribution in [3.05, 3.63) is 36.0 Å². The minimum Gasteiger partial charge on any atom is -0.481 e. The predicted octanol–water partition coefficient (Wildman–Crippen LogP) is 1.67. The molecule has 0 saturated heterocycles. The molecule has 0 saturated carbocycles. The summed E-state index contributed by atoms with van der Waals surface area (Å²) in [5, 5.41) is 18.6. The molecular weight excluding hydrogens is 258 g/mol. The Labute approximate surface area is 117 Å². The molecule has 0 spiro atoms. The van der Waals surface area contributed by atoms with Crippen molar-refractivity contribution in [1.82, 2.24) is 4.57 Å². The number of benzene rings is 1. The zero-order valence-electron chi connectivity index (χ0n) is 11.3. The Morgan fingerprint density at radius 3 is 2.80 bits per heavy atom. The van der Waals surface area contributed by atoms with Crippen molar-refractivity contribution < 1.29 is 19.7 Å². The molecule has 1 aromatic heterocycles. The Morgan fingerprint density at radius 2 is 2.05 bits per heavy atom. The zero-order valence-corrected chi connectivity index (χ0v) is 11.3. The maximum atomic E-state index is 10.7. The highest BCUT2D eigenvalue weighted by Gasteiger charge is 2.09. The van der Waals surface area contributed by atoms with Gasteiger partial charge in [-0.05, 0) is 18.1 Å². The van der Waals surface area contributed by atoms with Crippen molar-refractivity contribution >= 4 is 16.9 Å². The molecule has 1 aromatic carbocycles. The molecule has 0 aliphatic carbocycles. The molecule has 0 fully saturated rings. The van der Waals surface area contributed by atoms with Gasteiger partial charge >= 0.3 is 5.97 Å². The highest BCUT2D eigenvalue weighted by molar-refractivity contribution is 5.84. The van der Waals surface area contributed by atoms with E-state index in [0.29, 0.717) is 26.2 Å². The fraction of sp³-hybridized carbons (Fsp3) is 0.400. The fourth-order valence-corrected chi connectivity index (χ4v) is 2.28. The van der Waals surface area contributed by atoms with Gasteiger partial charge in [0, 0.05) is 30.1 Å². The van der Waals surface area contributed by atoms with E-state index in [1.165, 1.54) is 0 Å². The molecule has 1 heterocycles. The summed E-state index contributed by atoms with van der Waals surface area (Å²) in [5.74, 6) is -0.784. The van der Waals surface area contributed by atoms with Gasteiger partial charge in [0.2, 0.25) is 0 Å². The number of hydrogen-bond donors (Lipinski definition) is 2. The van der Waals surface area contributed by atoms with Gasteiger partial charge in [-0.1, -0.05) is 18.2 Å². The van der Waals surface area contributed by atoms with Crippen LogP contribution in [0.2, 0.25) is 0 Å². The second kappa shape index (κ2) is 7.07. The third kappa shape index (κ3) is 3.59. The van der Waals surface area contributed by atoms with Crippen molar-refractivity contribution in [2.45, 2.75) is 19.4 Å². The van der Waals surface area contributed by atoms with E-state index in [2.05, 4.69) is 4.57 Å². The summed E-state index contributed by atoms with van der Waals surface area (Å²) in [7, 11) is 0. The Hall–Kier alpha value is -1.85. The van der Waals surface area contributed by atoms with Crippen LogP contribution in [-0.4, -0.2) is 40.6 Å². The van der Waals surface area contributed by atoms with Crippen LogP contribution >= 0.6 is 0 Å². The van der Waals surface area contributed by atoms with E-state index in [1.807, 2.05) is 30.5 Å². The quantitative estimate of drug-likeness (QED) is 0.720. The third-order valence-corrected chi connectivity index (χ3v) is 3.19. The van der Waals surface area contributed by atoms with Crippen LogP contribution < -0.4 is 0 Å². The predicted molar refractivity (Wildman–Crippen MR) is 75.8 cm³/mol. The highest BCUT2D eigenvalue weighted by atomic mass is 16.5. The Balaban J connectivity index is 2.15. The lowest BCUT2D eigenvalue weighted by molar-refractivity contribution is -0.136. The normalized spacial score (nSPS) is 11.1. The molecule has 2 aromatic rings. The summed E-state index contributed by atoms with van der Waals surface area (Å²) in [6, 6.07) is 7.96. The molecule has 5 nitrogen and oxygen atoms in total. The molecule has 20 heavy (non-hydrogen) atoms. The van der Waals surface area contributed by atoms with E-state index in [1.54, 1.807) is 0 Å². The monoisotopic (exact) mass is 277 g/mol. The van der Waals surface area contributed by atoms with Crippen LogP contribution in [0.15, 0.2) is 30.5 Å². The molecule has 2 rings (SSSR count). The van der Waals surface area contributed by atoms with E-state index in [0.717, 1.165) is 16.5 Å². The van der Waals surface area contributed by atoms with E-state index < -0.39 is 5.97 Å². The second-order valence-electron chi connectivity index (χ2n) is 4.59. The van der Waals surface area contributed by atoms with Crippen molar-refractivity contribution in [2.75, 3.05) is 19.8 Å². The number of aliphatic hydroxyl groups is 1. The number of carbonyl (C=O) groups is 1. The van der Waals surface area contributed by atoms with Crippen LogP contribution in [-0.2, 0) is 22.5 Å². The van der Waals surface area contributed by atoms with Crippen molar-refractivity contribution in [2.24, 2.45) is 0 Å². The van der Waals surface area contributed by atoms with Gasteiger partial charge in [-0.3, -0.25) is 4.79 Å². The SMILES string of the molecule is O=C(O)CCc1cn(CCOCCO)c2ccccc12. The summed E-state index contributed by atoms with van der Waals surface area (Å²) in [6.45, 7) is 1.58. The number of aliphatic carboxylic acids is 1. The Kier molecular flexibility index (Phi) is 5.15. The minimum atomic E-state index is -0.784. The average Bonchev–Trinajstić information content (AvgIpc) is 2.80. The minimum absolute atomic E-state index is 0.0241. The maximum absolute atomic E-state index is 10.7. The van der Waals surface area contributed by atoms with Crippen LogP contribution in [0.4, 0.5) is 0 Å². The number of para-hydroxylation sites is 1. The maximum Gasteiger partial charge on any atom is 0.303 e. The van der Waals surface area contributed by atoms with Gasteiger partial charge in [0.05, 0.1) is 19.8 Å². The molecule has 0 aliphatic heterocycles. The summed E-state index contributed by atoms with van der Waals surface area (Å²) < 4.78 is 7.35. The lowest BCUT2D eigenvalue weighted by Gasteiger charge is -2.05. The lowest BCUT2D eigenvalue weighted by atomic mass is 10.1. The van der Waals surface area contributed by atoms with E-state index in [9.17, 15) is 4.79 Å². The summed E-state index contributed by atoms with van der Waals surface area (Å²) in [6.07, 6.45) is 2.66. The van der Waals surface area contributed by atoms with Crippen LogP contribution in [0.1, 0.15) is 12.0 Å². The Bertz CT molecular complexity index is 576. The first-order chi connectivity index (χ1) is 9.72. The number of carboxylic acid groups (broad SMARTS) is 1. The standard InChI is InChI=1S/C15H19NO4/c17-8-10-20-9-7-16-11-12(5-6-15(18)19)13-3-1-2-4-14(13)16/h1-4,11,17H,5-10H2,(H,18,19). The van der Waals surface area contributed by atoms with Gasteiger partial charge in [0.15, 0.2) is 0 Å². The molecule has 0 atom stereocenters. The smallest absolute Gasteiger partial charge is 0.303 e. The molecule has 108 valence electrons. The summed E-state index contributed by atoms with van der Waals surface area (Å²) >= 11 is 0. The third-order valence-electron chi connectivity index (χ3n) is 3.19. The first-order valence-corrected chi connectivity index (χ1v) is 6.69. The topological polar surface area (TPSA) is 71.7 Å². The van der Waals surface area contributed by atoms with E-state index in [-0.39, 0.29) is 13.0 Å². The molecule has 0 unspecified atom stereocenters. The van der Waals surface area contributed by atoms with Crippen molar-refractivity contribution in [1.29, 1.82) is 0 Å². The van der Waals surface area contributed by atoms with Crippen LogP contribution in [0.5, 0.6) is 0 Å². The number of ether oxygens (including phenoxy) is 1. The van der Waals surface area contributed by atoms with Gasteiger partial charge in [-0.2, -0.15) is 0 Å². The number of aryl methyl sites for hydroxylation is 1. The molecular formula is C15H19NO4. The second-order valence-corrected chi connectivity index (χ2v) is 4.59. The van der Waals surface area contributed by atoms with Gasteiger partial charge in [0.25, 0.3) is 0 Å². The number of aromatic nitrogens is 1. The average molecular weight is 277 g/mol. The lowest BCUT2D eigenvalue weighted by Crippen LogP contribution is -2.07. The van der Waals surface area contributed by atoms with Crippen LogP contribution in [0.3, 0.4) is 0 Å². The number of aliphatic hydroxyl groups excluding tert-OH is 1. The molecule has 0 amide bonds. The van der Waals surface area contributed by atoms with E-state index >= 15 is 0 Å². The zero-order chi connectivity index (χ0) is 14.4. The fourth-order valence-electron chi connectivity index (χ4n) is 2.28. The number of carboxylic acids is 1. The molecule has 2 N–H and O–H groups in total. The number of rotatable bonds is 8. The first-order valence-electron chi connectivity index (χ1n) is 6.69. The van der Waals surface area contributed by atoms with Crippen LogP contribution in [0.25, 0.3) is 10.9 Å². The van der Waals surface area contributed by atoms with Gasteiger partial charge < -0.3 is 19.5 Å². The van der Waals surface area contributed by atoms with Crippen molar-refractivity contribution in [3.63, 3.8) is 0 Å².